The first kappa shape index (κ1) is 17.9. The highest BCUT2D eigenvalue weighted by Crippen LogP contribution is 2.22. The predicted octanol–water partition coefficient (Wildman–Crippen LogP) is 3.69. The molecule has 0 saturated carbocycles. The van der Waals surface area contributed by atoms with Gasteiger partial charge in [-0.05, 0) is 44.2 Å². The van der Waals surface area contributed by atoms with Gasteiger partial charge in [-0.1, -0.05) is 17.7 Å². The molecule has 3 rings (SSSR count). The summed E-state index contributed by atoms with van der Waals surface area (Å²) in [6.07, 6.45) is 0. The molecular formula is C20H22FN3O2. The van der Waals surface area contributed by atoms with Gasteiger partial charge in [0.2, 0.25) is 0 Å². The van der Waals surface area contributed by atoms with E-state index in [0.29, 0.717) is 37.4 Å². The Balaban J connectivity index is 1.59. The lowest BCUT2D eigenvalue weighted by Gasteiger charge is -2.36. The Labute approximate surface area is 152 Å². The van der Waals surface area contributed by atoms with E-state index < -0.39 is 5.82 Å². The summed E-state index contributed by atoms with van der Waals surface area (Å²) in [5, 5.41) is 2.88. The standard InChI is InChI=1S/C20H22FN3O2/c1-14-3-6-17(7-4-14)22-20(26)24-11-9-23(10-12-24)19-8-5-16(15(2)25)13-18(19)21/h3-8,13H,9-12H2,1-2H3,(H,22,26). The van der Waals surface area contributed by atoms with Gasteiger partial charge < -0.3 is 15.1 Å². The minimum atomic E-state index is -0.407. The third-order valence-electron chi connectivity index (χ3n) is 4.56. The molecule has 0 aliphatic carbocycles. The van der Waals surface area contributed by atoms with Crippen LogP contribution in [0.5, 0.6) is 0 Å². The van der Waals surface area contributed by atoms with Gasteiger partial charge in [-0.25, -0.2) is 9.18 Å². The summed E-state index contributed by atoms with van der Waals surface area (Å²) >= 11 is 0. The number of urea groups is 1. The largest absolute Gasteiger partial charge is 0.366 e. The lowest BCUT2D eigenvalue weighted by molar-refractivity contribution is 0.101. The number of ketones is 1. The zero-order chi connectivity index (χ0) is 18.7. The molecule has 0 atom stereocenters. The van der Waals surface area contributed by atoms with Crippen molar-refractivity contribution in [3.8, 4) is 0 Å². The van der Waals surface area contributed by atoms with Gasteiger partial charge in [0.25, 0.3) is 0 Å². The zero-order valence-electron chi connectivity index (χ0n) is 15.0. The molecule has 136 valence electrons. The molecule has 1 aliphatic rings. The molecule has 0 spiro atoms. The van der Waals surface area contributed by atoms with E-state index in [1.165, 1.54) is 13.0 Å². The number of hydrogen-bond acceptors (Lipinski definition) is 3. The molecule has 2 aromatic rings. The summed E-state index contributed by atoms with van der Waals surface area (Å²) in [6.45, 7) is 5.50. The van der Waals surface area contributed by atoms with Crippen LogP contribution in [0.25, 0.3) is 0 Å². The van der Waals surface area contributed by atoms with Crippen molar-refractivity contribution in [2.75, 3.05) is 36.4 Å². The smallest absolute Gasteiger partial charge is 0.321 e. The number of piperazine rings is 1. The van der Waals surface area contributed by atoms with Gasteiger partial charge in [0, 0.05) is 37.4 Å². The highest BCUT2D eigenvalue weighted by atomic mass is 19.1. The number of hydrogen-bond donors (Lipinski definition) is 1. The van der Waals surface area contributed by atoms with Crippen molar-refractivity contribution in [1.82, 2.24) is 4.90 Å². The lowest BCUT2D eigenvalue weighted by atomic mass is 10.1. The Morgan fingerprint density at radius 3 is 2.23 bits per heavy atom. The number of halogens is 1. The Bertz CT molecular complexity index is 812. The number of rotatable bonds is 3. The molecule has 1 saturated heterocycles. The average molecular weight is 355 g/mol. The normalized spacial score (nSPS) is 14.3. The van der Waals surface area contributed by atoms with Gasteiger partial charge in [0.1, 0.15) is 5.82 Å². The number of Topliss-reactive ketones (excluding diaryl/α,β-unsaturated/α-hetero) is 1. The Kier molecular flexibility index (Phi) is 5.21. The van der Waals surface area contributed by atoms with Crippen LogP contribution in [-0.2, 0) is 0 Å². The van der Waals surface area contributed by atoms with E-state index in [4.69, 9.17) is 0 Å². The highest BCUT2D eigenvalue weighted by molar-refractivity contribution is 5.94. The second-order valence-electron chi connectivity index (χ2n) is 6.49. The van der Waals surface area contributed by atoms with Crippen LogP contribution in [0, 0.1) is 12.7 Å². The van der Waals surface area contributed by atoms with Crippen molar-refractivity contribution < 1.29 is 14.0 Å². The third kappa shape index (κ3) is 4.02. The predicted molar refractivity (Wildman–Crippen MR) is 100 cm³/mol. The molecule has 1 fully saturated rings. The van der Waals surface area contributed by atoms with Crippen molar-refractivity contribution in [2.24, 2.45) is 0 Å². The maximum atomic E-state index is 14.3. The number of carbonyl (C=O) groups excluding carboxylic acids is 2. The molecule has 0 radical (unpaired) electrons. The number of benzene rings is 2. The summed E-state index contributed by atoms with van der Waals surface area (Å²) in [5.74, 6) is -0.566. The third-order valence-corrected chi connectivity index (χ3v) is 4.56. The van der Waals surface area contributed by atoms with E-state index in [2.05, 4.69) is 5.32 Å². The van der Waals surface area contributed by atoms with Crippen LogP contribution in [0.15, 0.2) is 42.5 Å². The Hall–Kier alpha value is -2.89. The molecule has 0 aromatic heterocycles. The summed E-state index contributed by atoms with van der Waals surface area (Å²) in [7, 11) is 0. The first-order valence-corrected chi connectivity index (χ1v) is 8.62. The number of anilines is 2. The molecule has 1 aliphatic heterocycles. The van der Waals surface area contributed by atoms with Crippen molar-refractivity contribution in [1.29, 1.82) is 0 Å². The first-order valence-electron chi connectivity index (χ1n) is 8.62. The van der Waals surface area contributed by atoms with E-state index in [1.54, 1.807) is 17.0 Å². The second kappa shape index (κ2) is 7.56. The van der Waals surface area contributed by atoms with Crippen LogP contribution >= 0.6 is 0 Å². The SMILES string of the molecule is CC(=O)c1ccc(N2CCN(C(=O)Nc3ccc(C)cc3)CC2)c(F)c1. The van der Waals surface area contributed by atoms with Crippen LogP contribution in [0.1, 0.15) is 22.8 Å². The lowest BCUT2D eigenvalue weighted by Crippen LogP contribution is -2.50. The molecule has 0 unspecified atom stereocenters. The van der Waals surface area contributed by atoms with Gasteiger partial charge in [-0.2, -0.15) is 0 Å². The first-order chi connectivity index (χ1) is 12.4. The van der Waals surface area contributed by atoms with E-state index in [1.807, 2.05) is 36.1 Å². The van der Waals surface area contributed by atoms with Crippen LogP contribution in [0.3, 0.4) is 0 Å². The molecule has 2 amide bonds. The van der Waals surface area contributed by atoms with E-state index in [-0.39, 0.29) is 11.8 Å². The van der Waals surface area contributed by atoms with Crippen LogP contribution in [0.4, 0.5) is 20.6 Å². The summed E-state index contributed by atoms with van der Waals surface area (Å²) in [6, 6.07) is 12.0. The quantitative estimate of drug-likeness (QED) is 0.855. The van der Waals surface area contributed by atoms with Crippen molar-refractivity contribution in [3.63, 3.8) is 0 Å². The number of carbonyl (C=O) groups is 2. The van der Waals surface area contributed by atoms with Crippen LogP contribution in [-0.4, -0.2) is 42.9 Å². The zero-order valence-corrected chi connectivity index (χ0v) is 15.0. The van der Waals surface area contributed by atoms with Gasteiger partial charge in [-0.15, -0.1) is 0 Å². The fourth-order valence-electron chi connectivity index (χ4n) is 2.97. The molecule has 0 bridgehead atoms. The van der Waals surface area contributed by atoms with Crippen LogP contribution < -0.4 is 10.2 Å². The fraction of sp³-hybridized carbons (Fsp3) is 0.300. The summed E-state index contributed by atoms with van der Waals surface area (Å²) in [5.41, 5.74) is 2.72. The topological polar surface area (TPSA) is 52.7 Å². The Morgan fingerprint density at radius 2 is 1.65 bits per heavy atom. The number of nitrogens with zero attached hydrogens (tertiary/aromatic N) is 2. The maximum absolute atomic E-state index is 14.3. The molecule has 5 nitrogen and oxygen atoms in total. The molecule has 1 N–H and O–H groups in total. The number of aryl methyl sites for hydroxylation is 1. The maximum Gasteiger partial charge on any atom is 0.321 e. The fourth-order valence-corrected chi connectivity index (χ4v) is 2.97. The van der Waals surface area contributed by atoms with Gasteiger partial charge in [0.05, 0.1) is 5.69 Å². The van der Waals surface area contributed by atoms with Gasteiger partial charge >= 0.3 is 6.03 Å². The van der Waals surface area contributed by atoms with Crippen molar-refractivity contribution in [3.05, 3.63) is 59.4 Å². The minimum Gasteiger partial charge on any atom is -0.366 e. The van der Waals surface area contributed by atoms with Gasteiger partial charge in [0.15, 0.2) is 5.78 Å². The number of amides is 2. The molecule has 1 heterocycles. The van der Waals surface area contributed by atoms with E-state index in [0.717, 1.165) is 11.3 Å². The molecule has 26 heavy (non-hydrogen) atoms. The van der Waals surface area contributed by atoms with E-state index in [9.17, 15) is 14.0 Å². The molecule has 2 aromatic carbocycles. The number of nitrogens with one attached hydrogen (secondary N) is 1. The highest BCUT2D eigenvalue weighted by Gasteiger charge is 2.23. The van der Waals surface area contributed by atoms with Crippen molar-refractivity contribution >= 4 is 23.2 Å². The van der Waals surface area contributed by atoms with Gasteiger partial charge in [-0.3, -0.25) is 4.79 Å². The molecular weight excluding hydrogens is 333 g/mol. The molecule has 6 heteroatoms. The summed E-state index contributed by atoms with van der Waals surface area (Å²) < 4.78 is 14.3. The second-order valence-corrected chi connectivity index (χ2v) is 6.49. The van der Waals surface area contributed by atoms with E-state index >= 15 is 0 Å². The van der Waals surface area contributed by atoms with Crippen LogP contribution in [0.2, 0.25) is 0 Å². The summed E-state index contributed by atoms with van der Waals surface area (Å²) in [4.78, 5) is 27.3. The van der Waals surface area contributed by atoms with Crippen molar-refractivity contribution in [2.45, 2.75) is 13.8 Å². The Morgan fingerprint density at radius 1 is 1.00 bits per heavy atom. The minimum absolute atomic E-state index is 0.152. The average Bonchev–Trinajstić information content (AvgIpc) is 2.63. The monoisotopic (exact) mass is 355 g/mol.